The van der Waals surface area contributed by atoms with Crippen molar-refractivity contribution in [3.63, 3.8) is 0 Å². The SMILES string of the molecule is COc1cccc(C(=O)N2CCC(CCCCNC(=O)c3cc4ccncc4s3)CC2)c1OC.O=C(NCCCCC1CCN(C(=O)c2ccc(F)c(F)c2)CC1)c1cc2ccncc2s1. The molecule has 16 heteroatoms. The number of amides is 4. The number of carbonyl (C=O) groups excluding carboxylic acids is 4. The fraction of sp³-hybridized carbons (Fsp3) is 0.400. The van der Waals surface area contributed by atoms with E-state index in [-0.39, 0.29) is 29.2 Å². The quantitative estimate of drug-likeness (QED) is 0.0914. The van der Waals surface area contributed by atoms with Gasteiger partial charge in [0, 0.05) is 69.6 Å². The van der Waals surface area contributed by atoms with E-state index in [0.29, 0.717) is 60.0 Å². The van der Waals surface area contributed by atoms with Crippen LogP contribution in [0.2, 0.25) is 0 Å². The monoisotopic (exact) mass is 938 g/mol. The molecule has 8 rings (SSSR count). The van der Waals surface area contributed by atoms with Crippen molar-refractivity contribution in [2.24, 2.45) is 11.8 Å². The van der Waals surface area contributed by atoms with E-state index in [1.165, 1.54) is 28.7 Å². The molecule has 0 saturated carbocycles. The molecule has 0 spiro atoms. The summed E-state index contributed by atoms with van der Waals surface area (Å²) in [7, 11) is 3.13. The first kappa shape index (κ1) is 47.9. The molecule has 0 atom stereocenters. The van der Waals surface area contributed by atoms with Crippen LogP contribution in [-0.4, -0.2) is 96.9 Å². The van der Waals surface area contributed by atoms with E-state index in [0.717, 1.165) is 114 Å². The Kier molecular flexibility index (Phi) is 17.0. The van der Waals surface area contributed by atoms with E-state index in [1.54, 1.807) is 56.0 Å². The summed E-state index contributed by atoms with van der Waals surface area (Å²) in [5.74, 6) is -0.0463. The summed E-state index contributed by atoms with van der Waals surface area (Å²) in [5.41, 5.74) is 0.735. The Hall–Kier alpha value is -6.00. The molecule has 6 heterocycles. The maximum Gasteiger partial charge on any atom is 0.261 e. The highest BCUT2D eigenvalue weighted by atomic mass is 32.1. The number of hydrogen-bond acceptors (Lipinski definition) is 10. The van der Waals surface area contributed by atoms with Crippen LogP contribution in [0.15, 0.2) is 85.5 Å². The third-order valence-corrected chi connectivity index (χ3v) is 14.5. The minimum absolute atomic E-state index is 0.00562. The number of likely N-dealkylation sites (tertiary alicyclic amines) is 2. The Balaban J connectivity index is 0.000000197. The summed E-state index contributed by atoms with van der Waals surface area (Å²) in [6, 6.07) is 16.3. The average Bonchev–Trinajstić information content (AvgIpc) is 4.00. The zero-order valence-corrected chi connectivity index (χ0v) is 39.0. The summed E-state index contributed by atoms with van der Waals surface area (Å²) >= 11 is 2.92. The van der Waals surface area contributed by atoms with E-state index in [4.69, 9.17) is 9.47 Å². The highest BCUT2D eigenvalue weighted by molar-refractivity contribution is 7.21. The molecule has 2 aliphatic heterocycles. The number of unbranched alkanes of at least 4 members (excludes halogenated alkanes) is 2. The zero-order chi connectivity index (χ0) is 46.4. The molecule has 0 radical (unpaired) electrons. The molecule has 0 aliphatic carbocycles. The number of benzene rings is 2. The van der Waals surface area contributed by atoms with Crippen LogP contribution in [0.4, 0.5) is 8.78 Å². The van der Waals surface area contributed by atoms with Gasteiger partial charge in [0.05, 0.1) is 38.9 Å². The van der Waals surface area contributed by atoms with Crippen molar-refractivity contribution in [3.05, 3.63) is 118 Å². The van der Waals surface area contributed by atoms with Gasteiger partial charge < -0.3 is 29.9 Å². The molecule has 2 aromatic carbocycles. The second-order valence-electron chi connectivity index (χ2n) is 16.7. The van der Waals surface area contributed by atoms with Crippen molar-refractivity contribution in [1.29, 1.82) is 0 Å². The topological polar surface area (TPSA) is 143 Å². The fourth-order valence-corrected chi connectivity index (χ4v) is 10.5. The molecule has 12 nitrogen and oxygen atoms in total. The summed E-state index contributed by atoms with van der Waals surface area (Å²) in [5, 5.41) is 8.11. The van der Waals surface area contributed by atoms with Crippen LogP contribution >= 0.6 is 22.7 Å². The Morgan fingerprint density at radius 1 is 0.652 bits per heavy atom. The second kappa shape index (κ2) is 23.4. The highest BCUT2D eigenvalue weighted by Gasteiger charge is 2.27. The number of carbonyl (C=O) groups is 4. The highest BCUT2D eigenvalue weighted by Crippen LogP contribution is 2.33. The predicted molar refractivity (Wildman–Crippen MR) is 255 cm³/mol. The number of aromatic nitrogens is 2. The lowest BCUT2D eigenvalue weighted by Gasteiger charge is -2.32. The lowest BCUT2D eigenvalue weighted by atomic mass is 9.91. The van der Waals surface area contributed by atoms with Gasteiger partial charge in [0.15, 0.2) is 23.1 Å². The first-order valence-electron chi connectivity index (χ1n) is 22.6. The van der Waals surface area contributed by atoms with Crippen LogP contribution < -0.4 is 20.1 Å². The van der Waals surface area contributed by atoms with Crippen LogP contribution in [0.5, 0.6) is 11.5 Å². The molecule has 2 saturated heterocycles. The molecule has 2 fully saturated rings. The Bertz CT molecular complexity index is 2540. The lowest BCUT2D eigenvalue weighted by molar-refractivity contribution is 0.0675. The van der Waals surface area contributed by atoms with Crippen molar-refractivity contribution >= 4 is 66.5 Å². The van der Waals surface area contributed by atoms with Gasteiger partial charge in [0.2, 0.25) is 0 Å². The molecule has 2 aliphatic rings. The number of nitrogens with one attached hydrogen (secondary N) is 2. The second-order valence-corrected chi connectivity index (χ2v) is 18.9. The van der Waals surface area contributed by atoms with Crippen LogP contribution in [0.25, 0.3) is 20.2 Å². The molecule has 4 amide bonds. The van der Waals surface area contributed by atoms with Gasteiger partial charge in [-0.25, -0.2) is 8.78 Å². The molecule has 348 valence electrons. The normalized spacial score (nSPS) is 14.4. The number of thiophene rings is 2. The number of halogens is 2. The van der Waals surface area contributed by atoms with Gasteiger partial charge in [-0.1, -0.05) is 31.7 Å². The lowest BCUT2D eigenvalue weighted by Crippen LogP contribution is -2.38. The summed E-state index contributed by atoms with van der Waals surface area (Å²) < 4.78 is 39.3. The third-order valence-electron chi connectivity index (χ3n) is 12.3. The summed E-state index contributed by atoms with van der Waals surface area (Å²) in [6.45, 7) is 4.07. The molecule has 4 aromatic heterocycles. The van der Waals surface area contributed by atoms with Gasteiger partial charge in [-0.3, -0.25) is 29.1 Å². The number of hydrogen-bond donors (Lipinski definition) is 2. The number of para-hydroxylation sites is 1. The molecule has 0 unspecified atom stereocenters. The maximum atomic E-state index is 13.4. The largest absolute Gasteiger partial charge is 0.493 e. The number of pyridine rings is 2. The van der Waals surface area contributed by atoms with Gasteiger partial charge in [0.1, 0.15) is 0 Å². The van der Waals surface area contributed by atoms with Gasteiger partial charge >= 0.3 is 0 Å². The Morgan fingerprint density at radius 3 is 1.67 bits per heavy atom. The summed E-state index contributed by atoms with van der Waals surface area (Å²) in [4.78, 5) is 63.5. The fourth-order valence-electron chi connectivity index (χ4n) is 8.57. The predicted octanol–water partition coefficient (Wildman–Crippen LogP) is 9.79. The van der Waals surface area contributed by atoms with Crippen molar-refractivity contribution in [3.8, 4) is 11.5 Å². The average molecular weight is 939 g/mol. The third kappa shape index (κ3) is 12.5. The first-order chi connectivity index (χ1) is 32.1. The van der Waals surface area contributed by atoms with Crippen molar-refractivity contribution in [2.75, 3.05) is 53.5 Å². The number of piperidine rings is 2. The first-order valence-corrected chi connectivity index (χ1v) is 24.2. The van der Waals surface area contributed by atoms with Crippen LogP contribution in [-0.2, 0) is 0 Å². The van der Waals surface area contributed by atoms with E-state index >= 15 is 0 Å². The molecule has 2 N–H and O–H groups in total. The minimum Gasteiger partial charge on any atom is -0.493 e. The van der Waals surface area contributed by atoms with E-state index < -0.39 is 11.6 Å². The molecule has 0 bridgehead atoms. The molecular formula is C50H56F2N6O6S2. The minimum atomic E-state index is -0.998. The molecule has 6 aromatic rings. The number of methoxy groups -OCH3 is 2. The van der Waals surface area contributed by atoms with Gasteiger partial charge in [-0.2, -0.15) is 0 Å². The number of ether oxygens (including phenoxy) is 2. The molecule has 66 heavy (non-hydrogen) atoms. The van der Waals surface area contributed by atoms with Gasteiger partial charge in [-0.05, 0) is 116 Å². The Morgan fingerprint density at radius 2 is 1.18 bits per heavy atom. The summed E-state index contributed by atoms with van der Waals surface area (Å²) in [6.07, 6.45) is 17.0. The van der Waals surface area contributed by atoms with E-state index in [1.807, 2.05) is 35.2 Å². The van der Waals surface area contributed by atoms with Crippen LogP contribution in [0.1, 0.15) is 104 Å². The van der Waals surface area contributed by atoms with E-state index in [2.05, 4.69) is 20.6 Å². The van der Waals surface area contributed by atoms with Gasteiger partial charge in [-0.15, -0.1) is 22.7 Å². The van der Waals surface area contributed by atoms with Crippen molar-refractivity contribution < 1.29 is 37.4 Å². The number of rotatable bonds is 16. The van der Waals surface area contributed by atoms with Crippen molar-refractivity contribution in [1.82, 2.24) is 30.4 Å². The smallest absolute Gasteiger partial charge is 0.261 e. The van der Waals surface area contributed by atoms with Crippen molar-refractivity contribution in [2.45, 2.75) is 64.2 Å². The zero-order valence-electron chi connectivity index (χ0n) is 37.4. The van der Waals surface area contributed by atoms with E-state index in [9.17, 15) is 28.0 Å². The van der Waals surface area contributed by atoms with Crippen LogP contribution in [0, 0.1) is 23.5 Å². The van der Waals surface area contributed by atoms with Crippen LogP contribution in [0.3, 0.4) is 0 Å². The standard InChI is InChI=1S/C26H31N3O4S.C24H25F2N3O2S/c1-32-21-8-5-7-20(24(21)33-2)26(31)29-14-10-18(11-15-29)6-3-4-12-28-25(30)22-16-19-9-13-27-17-23(19)34-22;25-19-5-4-18(13-20(19)26)24(31)29-11-7-16(8-12-29)3-1-2-9-28-23(30)21-14-17-6-10-27-15-22(17)32-21/h5,7-9,13,16-18H,3-4,6,10-12,14-15H2,1-2H3,(H,28,30);4-6,10,13-16H,1-3,7-9,11-12H2,(H,28,30). The number of nitrogens with zero attached hydrogens (tertiary/aromatic N) is 4. The molecular weight excluding hydrogens is 883 g/mol. The number of fused-ring (bicyclic) bond motifs is 2. The Labute approximate surface area is 391 Å². The maximum absolute atomic E-state index is 13.4. The van der Waals surface area contributed by atoms with Gasteiger partial charge in [0.25, 0.3) is 23.6 Å².